The number of rotatable bonds is 9. The van der Waals surface area contributed by atoms with E-state index in [2.05, 4.69) is 27.8 Å². The van der Waals surface area contributed by atoms with Crippen molar-refractivity contribution < 1.29 is 14.2 Å². The summed E-state index contributed by atoms with van der Waals surface area (Å²) >= 11 is 0. The van der Waals surface area contributed by atoms with E-state index in [1.165, 1.54) is 0 Å². The molecule has 160 valence electrons. The zero-order valence-corrected chi connectivity index (χ0v) is 20.2. The van der Waals surface area contributed by atoms with Gasteiger partial charge in [-0.15, -0.1) is 24.0 Å². The van der Waals surface area contributed by atoms with E-state index in [1.807, 2.05) is 51.1 Å². The molecule has 0 amide bonds. The van der Waals surface area contributed by atoms with Gasteiger partial charge in [-0.2, -0.15) is 0 Å². The Kier molecular flexibility index (Phi) is 11.3. The topological polar surface area (TPSA) is 64.1 Å². The quantitative estimate of drug-likeness (QED) is 0.297. The van der Waals surface area contributed by atoms with Gasteiger partial charge in [-0.25, -0.2) is 4.99 Å². The molecule has 2 rings (SSSR count). The van der Waals surface area contributed by atoms with E-state index >= 15 is 0 Å². The summed E-state index contributed by atoms with van der Waals surface area (Å²) in [6.07, 6.45) is 0.174. The summed E-state index contributed by atoms with van der Waals surface area (Å²) in [6, 6.07) is 13.9. The van der Waals surface area contributed by atoms with Crippen molar-refractivity contribution in [2.24, 2.45) is 4.99 Å². The Balaban J connectivity index is 0.00000420. The monoisotopic (exact) mass is 513 g/mol. The molecule has 2 N–H and O–H groups in total. The molecule has 0 aliphatic carbocycles. The van der Waals surface area contributed by atoms with Crippen molar-refractivity contribution in [1.29, 1.82) is 0 Å². The van der Waals surface area contributed by atoms with Crippen molar-refractivity contribution >= 4 is 29.9 Å². The van der Waals surface area contributed by atoms with E-state index in [4.69, 9.17) is 14.2 Å². The average Bonchev–Trinajstić information content (AvgIpc) is 2.70. The molecule has 29 heavy (non-hydrogen) atoms. The fraction of sp³-hybridized carbons (Fsp3) is 0.409. The molecular weight excluding hydrogens is 481 g/mol. The smallest absolute Gasteiger partial charge is 0.191 e. The Morgan fingerprint density at radius 1 is 0.931 bits per heavy atom. The maximum atomic E-state index is 5.68. The average molecular weight is 513 g/mol. The van der Waals surface area contributed by atoms with E-state index in [0.29, 0.717) is 24.6 Å². The number of guanidine groups is 1. The van der Waals surface area contributed by atoms with E-state index in [0.717, 1.165) is 29.4 Å². The molecule has 0 aliphatic heterocycles. The molecule has 0 atom stereocenters. The number of aliphatic imine (C=N–C) groups is 1. The third kappa shape index (κ3) is 8.39. The van der Waals surface area contributed by atoms with E-state index < -0.39 is 0 Å². The van der Waals surface area contributed by atoms with Crippen LogP contribution in [0, 0.1) is 0 Å². The van der Waals surface area contributed by atoms with Crippen molar-refractivity contribution in [2.75, 3.05) is 20.8 Å². The van der Waals surface area contributed by atoms with Crippen LogP contribution >= 0.6 is 24.0 Å². The van der Waals surface area contributed by atoms with Crippen LogP contribution in [-0.4, -0.2) is 32.8 Å². The Morgan fingerprint density at radius 3 is 2.17 bits per heavy atom. The lowest BCUT2D eigenvalue weighted by molar-refractivity contribution is 0.242. The lowest BCUT2D eigenvalue weighted by Gasteiger charge is -2.13. The lowest BCUT2D eigenvalue weighted by Crippen LogP contribution is -2.36. The Bertz CT molecular complexity index is 764. The number of methoxy groups -OCH3 is 2. The standard InChI is InChI=1S/C22H31N3O3.HI/c1-6-23-22(24-14-17-7-10-19(11-8-17)28-16(2)3)25-15-18-9-12-20(26-4)21(13-18)27-5;/h7-13,16H,6,14-15H2,1-5H3,(H2,23,24,25);1H. The summed E-state index contributed by atoms with van der Waals surface area (Å²) in [5.74, 6) is 3.06. The van der Waals surface area contributed by atoms with Crippen LogP contribution in [0.25, 0.3) is 0 Å². The van der Waals surface area contributed by atoms with Gasteiger partial charge in [0.1, 0.15) is 5.75 Å². The predicted octanol–water partition coefficient (Wildman–Crippen LogP) is 4.36. The summed E-state index contributed by atoms with van der Waals surface area (Å²) in [4.78, 5) is 4.66. The Labute approximate surface area is 191 Å². The second-order valence-corrected chi connectivity index (χ2v) is 6.55. The van der Waals surface area contributed by atoms with Gasteiger partial charge in [0.2, 0.25) is 0 Å². The van der Waals surface area contributed by atoms with Crippen LogP contribution in [0.2, 0.25) is 0 Å². The second-order valence-electron chi connectivity index (χ2n) is 6.55. The normalized spacial score (nSPS) is 10.9. The maximum Gasteiger partial charge on any atom is 0.191 e. The summed E-state index contributed by atoms with van der Waals surface area (Å²) in [6.45, 7) is 8.10. The van der Waals surface area contributed by atoms with Crippen LogP contribution in [0.1, 0.15) is 31.9 Å². The molecule has 0 aromatic heterocycles. The van der Waals surface area contributed by atoms with Crippen LogP contribution in [0.3, 0.4) is 0 Å². The van der Waals surface area contributed by atoms with Gasteiger partial charge in [-0.1, -0.05) is 18.2 Å². The molecule has 0 fully saturated rings. The highest BCUT2D eigenvalue weighted by atomic mass is 127. The Morgan fingerprint density at radius 2 is 1.59 bits per heavy atom. The molecule has 7 heteroatoms. The molecule has 2 aromatic rings. The summed E-state index contributed by atoms with van der Waals surface area (Å²) < 4.78 is 16.3. The van der Waals surface area contributed by atoms with Gasteiger partial charge in [-0.05, 0) is 56.2 Å². The molecule has 0 saturated heterocycles. The highest BCUT2D eigenvalue weighted by molar-refractivity contribution is 14.0. The first-order chi connectivity index (χ1) is 13.5. The van der Waals surface area contributed by atoms with Gasteiger partial charge in [0.15, 0.2) is 17.5 Å². The van der Waals surface area contributed by atoms with Crippen molar-refractivity contribution in [3.8, 4) is 17.2 Å². The minimum absolute atomic E-state index is 0. The predicted molar refractivity (Wildman–Crippen MR) is 129 cm³/mol. The molecule has 0 spiro atoms. The molecule has 2 aromatic carbocycles. The van der Waals surface area contributed by atoms with Gasteiger partial charge in [-0.3, -0.25) is 0 Å². The second kappa shape index (κ2) is 13.1. The zero-order chi connectivity index (χ0) is 20.4. The molecule has 0 saturated carbocycles. The number of nitrogens with zero attached hydrogens (tertiary/aromatic N) is 1. The number of hydrogen-bond donors (Lipinski definition) is 2. The number of benzene rings is 2. The first-order valence-corrected chi connectivity index (χ1v) is 9.54. The van der Waals surface area contributed by atoms with Gasteiger partial charge in [0.05, 0.1) is 26.9 Å². The third-order valence-electron chi connectivity index (χ3n) is 3.97. The minimum atomic E-state index is 0. The van der Waals surface area contributed by atoms with Gasteiger partial charge in [0.25, 0.3) is 0 Å². The van der Waals surface area contributed by atoms with Crippen molar-refractivity contribution in [3.05, 3.63) is 53.6 Å². The number of hydrogen-bond acceptors (Lipinski definition) is 4. The molecular formula is C22H32IN3O3. The molecule has 6 nitrogen and oxygen atoms in total. The molecule has 0 heterocycles. The number of nitrogens with one attached hydrogen (secondary N) is 2. The van der Waals surface area contributed by atoms with Crippen LogP contribution in [0.15, 0.2) is 47.5 Å². The summed E-state index contributed by atoms with van der Waals surface area (Å²) in [7, 11) is 3.26. The van der Waals surface area contributed by atoms with Gasteiger partial charge >= 0.3 is 0 Å². The fourth-order valence-corrected chi connectivity index (χ4v) is 2.63. The van der Waals surface area contributed by atoms with E-state index in [1.54, 1.807) is 14.2 Å². The van der Waals surface area contributed by atoms with E-state index in [-0.39, 0.29) is 30.1 Å². The summed E-state index contributed by atoms with van der Waals surface area (Å²) in [5, 5.41) is 6.63. The van der Waals surface area contributed by atoms with Crippen LogP contribution in [-0.2, 0) is 13.1 Å². The van der Waals surface area contributed by atoms with Crippen LogP contribution < -0.4 is 24.8 Å². The zero-order valence-electron chi connectivity index (χ0n) is 17.8. The van der Waals surface area contributed by atoms with E-state index in [9.17, 15) is 0 Å². The minimum Gasteiger partial charge on any atom is -0.493 e. The first-order valence-electron chi connectivity index (χ1n) is 9.54. The molecule has 0 bridgehead atoms. The fourth-order valence-electron chi connectivity index (χ4n) is 2.63. The molecule has 0 unspecified atom stereocenters. The highest BCUT2D eigenvalue weighted by Crippen LogP contribution is 2.27. The van der Waals surface area contributed by atoms with Crippen molar-refractivity contribution in [2.45, 2.75) is 40.0 Å². The van der Waals surface area contributed by atoms with Crippen LogP contribution in [0.5, 0.6) is 17.2 Å². The number of halogens is 1. The van der Waals surface area contributed by atoms with Crippen LogP contribution in [0.4, 0.5) is 0 Å². The summed E-state index contributed by atoms with van der Waals surface area (Å²) in [5.41, 5.74) is 2.21. The lowest BCUT2D eigenvalue weighted by atomic mass is 10.2. The third-order valence-corrected chi connectivity index (χ3v) is 3.97. The highest BCUT2D eigenvalue weighted by Gasteiger charge is 2.05. The molecule has 0 radical (unpaired) electrons. The van der Waals surface area contributed by atoms with Gasteiger partial charge < -0.3 is 24.8 Å². The Hall–Kier alpha value is -2.16. The van der Waals surface area contributed by atoms with Crippen molar-refractivity contribution in [3.63, 3.8) is 0 Å². The maximum absolute atomic E-state index is 5.68. The van der Waals surface area contributed by atoms with Gasteiger partial charge in [0, 0.05) is 13.1 Å². The molecule has 0 aliphatic rings. The largest absolute Gasteiger partial charge is 0.493 e. The SMILES string of the molecule is CCNC(=NCc1ccc(OC)c(OC)c1)NCc1ccc(OC(C)C)cc1.I. The first kappa shape index (κ1) is 24.9. The van der Waals surface area contributed by atoms with Crippen molar-refractivity contribution in [1.82, 2.24) is 10.6 Å². The number of ether oxygens (including phenoxy) is 3.